The number of phenols is 1. The maximum Gasteiger partial charge on any atom is 0.429 e. The molecule has 2 aromatic carbocycles. The SMILES string of the molecule is C=CCC1CCCCN1c1ccc(C(F)(F)F)cc1N(C(=O)OC(C)(C)C)S(=O)(=O)c1cc(C(=O)OC)ccc1O. The second-order valence-corrected chi connectivity index (χ2v) is 12.2. The number of esters is 1. The lowest BCUT2D eigenvalue weighted by molar-refractivity contribution is -0.137. The fourth-order valence-corrected chi connectivity index (χ4v) is 6.00. The van der Waals surface area contributed by atoms with Crippen LogP contribution in [0, 0.1) is 0 Å². The fourth-order valence-electron chi connectivity index (χ4n) is 4.55. The third-order valence-electron chi connectivity index (χ3n) is 6.36. The summed E-state index contributed by atoms with van der Waals surface area (Å²) in [7, 11) is -4.13. The van der Waals surface area contributed by atoms with Crippen molar-refractivity contribution in [3.63, 3.8) is 0 Å². The first kappa shape index (κ1) is 31.8. The molecule has 1 heterocycles. The van der Waals surface area contributed by atoms with Crippen LogP contribution < -0.4 is 9.21 Å². The number of alkyl halides is 3. The molecular weight excluding hydrogens is 565 g/mol. The molecule has 0 aliphatic carbocycles. The lowest BCUT2D eigenvalue weighted by Crippen LogP contribution is -2.44. The van der Waals surface area contributed by atoms with Crippen molar-refractivity contribution in [2.75, 3.05) is 22.9 Å². The maximum absolute atomic E-state index is 14.1. The van der Waals surface area contributed by atoms with E-state index in [0.717, 1.165) is 43.9 Å². The van der Waals surface area contributed by atoms with Gasteiger partial charge in [0.25, 0.3) is 10.0 Å². The van der Waals surface area contributed by atoms with Crippen LogP contribution in [0.15, 0.2) is 53.9 Å². The summed E-state index contributed by atoms with van der Waals surface area (Å²) in [5.74, 6) is -1.78. The zero-order valence-electron chi connectivity index (χ0n) is 23.2. The lowest BCUT2D eigenvalue weighted by Gasteiger charge is -2.39. The smallest absolute Gasteiger partial charge is 0.429 e. The summed E-state index contributed by atoms with van der Waals surface area (Å²) in [5.41, 5.74) is -3.31. The normalized spacial score (nSPS) is 16.2. The molecule has 0 bridgehead atoms. The molecule has 13 heteroatoms. The Bertz CT molecular complexity index is 1420. The summed E-state index contributed by atoms with van der Waals surface area (Å²) >= 11 is 0. The van der Waals surface area contributed by atoms with Crippen LogP contribution in [0.2, 0.25) is 0 Å². The summed E-state index contributed by atoms with van der Waals surface area (Å²) in [4.78, 5) is 26.6. The number of anilines is 2. The zero-order valence-corrected chi connectivity index (χ0v) is 24.0. The van der Waals surface area contributed by atoms with Crippen LogP contribution in [0.5, 0.6) is 5.75 Å². The summed E-state index contributed by atoms with van der Waals surface area (Å²) in [5, 5.41) is 10.5. The van der Waals surface area contributed by atoms with Gasteiger partial charge in [-0.2, -0.15) is 17.5 Å². The number of carbonyl (C=O) groups excluding carboxylic acids is 2. The third kappa shape index (κ3) is 7.13. The number of phenolic OH excluding ortho intramolecular Hbond substituents is 1. The maximum atomic E-state index is 14.1. The molecule has 1 unspecified atom stereocenters. The first-order valence-corrected chi connectivity index (χ1v) is 14.2. The Morgan fingerprint density at radius 3 is 2.41 bits per heavy atom. The quantitative estimate of drug-likeness (QED) is 0.293. The molecule has 3 rings (SSSR count). The molecule has 1 saturated heterocycles. The van der Waals surface area contributed by atoms with Gasteiger partial charge in [0.1, 0.15) is 16.2 Å². The Hall–Kier alpha value is -3.74. The van der Waals surface area contributed by atoms with Crippen LogP contribution in [0.1, 0.15) is 62.4 Å². The highest BCUT2D eigenvalue weighted by molar-refractivity contribution is 7.93. The molecular formula is C28H33F3N2O7S. The van der Waals surface area contributed by atoms with E-state index >= 15 is 0 Å². The molecule has 1 fully saturated rings. The van der Waals surface area contributed by atoms with E-state index in [9.17, 15) is 36.3 Å². The van der Waals surface area contributed by atoms with Crippen LogP contribution >= 0.6 is 0 Å². The highest BCUT2D eigenvalue weighted by Gasteiger charge is 2.41. The monoisotopic (exact) mass is 598 g/mol. The number of hydrogen-bond donors (Lipinski definition) is 1. The van der Waals surface area contributed by atoms with E-state index in [1.165, 1.54) is 20.8 Å². The van der Waals surface area contributed by atoms with Gasteiger partial charge in [0, 0.05) is 12.6 Å². The predicted molar refractivity (Wildman–Crippen MR) is 147 cm³/mol. The number of nitrogens with zero attached hydrogens (tertiary/aromatic N) is 2. The van der Waals surface area contributed by atoms with E-state index < -0.39 is 55.8 Å². The minimum atomic E-state index is -5.19. The van der Waals surface area contributed by atoms with Gasteiger partial charge in [-0.05, 0) is 82.9 Å². The van der Waals surface area contributed by atoms with Crippen LogP contribution in [0.4, 0.5) is 29.3 Å². The number of ether oxygens (including phenoxy) is 2. The molecule has 0 saturated carbocycles. The summed E-state index contributed by atoms with van der Waals surface area (Å²) in [6, 6.07) is 5.06. The van der Waals surface area contributed by atoms with Crippen molar-refractivity contribution >= 4 is 33.5 Å². The van der Waals surface area contributed by atoms with Crippen molar-refractivity contribution in [2.24, 2.45) is 0 Å². The summed E-state index contributed by atoms with van der Waals surface area (Å²) in [6.45, 7) is 8.51. The summed E-state index contributed by atoms with van der Waals surface area (Å²) < 4.78 is 80.2. The van der Waals surface area contributed by atoms with Crippen LogP contribution in [0.25, 0.3) is 0 Å². The number of benzene rings is 2. The average molecular weight is 599 g/mol. The third-order valence-corrected chi connectivity index (χ3v) is 8.06. The van der Waals surface area contributed by atoms with Gasteiger partial charge in [0.15, 0.2) is 0 Å². The molecule has 0 radical (unpaired) electrons. The van der Waals surface area contributed by atoms with Crippen molar-refractivity contribution in [3.8, 4) is 5.75 Å². The van der Waals surface area contributed by atoms with Gasteiger partial charge in [-0.25, -0.2) is 18.0 Å². The zero-order chi connectivity index (χ0) is 30.8. The molecule has 224 valence electrons. The lowest BCUT2D eigenvalue weighted by atomic mass is 9.97. The number of methoxy groups -OCH3 is 1. The van der Waals surface area contributed by atoms with Crippen molar-refractivity contribution in [3.05, 3.63) is 60.2 Å². The largest absolute Gasteiger partial charge is 0.507 e. The van der Waals surface area contributed by atoms with Crippen molar-refractivity contribution in [1.29, 1.82) is 0 Å². The second kappa shape index (κ2) is 12.0. The number of aromatic hydroxyl groups is 1. The van der Waals surface area contributed by atoms with E-state index in [-0.39, 0.29) is 21.6 Å². The van der Waals surface area contributed by atoms with Gasteiger partial charge in [-0.15, -0.1) is 6.58 Å². The molecule has 1 aliphatic heterocycles. The Kier molecular flexibility index (Phi) is 9.31. The molecule has 9 nitrogen and oxygen atoms in total. The molecule has 0 aromatic heterocycles. The molecule has 2 aromatic rings. The van der Waals surface area contributed by atoms with E-state index in [0.29, 0.717) is 31.9 Å². The van der Waals surface area contributed by atoms with E-state index in [1.54, 1.807) is 11.0 Å². The van der Waals surface area contributed by atoms with Crippen LogP contribution in [-0.2, 0) is 25.7 Å². The topological polar surface area (TPSA) is 113 Å². The van der Waals surface area contributed by atoms with Crippen LogP contribution in [0.3, 0.4) is 0 Å². The molecule has 41 heavy (non-hydrogen) atoms. The number of rotatable bonds is 7. The van der Waals surface area contributed by atoms with Crippen molar-refractivity contribution in [1.82, 2.24) is 0 Å². The van der Waals surface area contributed by atoms with Gasteiger partial charge in [-0.1, -0.05) is 6.08 Å². The average Bonchev–Trinajstić information content (AvgIpc) is 2.87. The number of amides is 1. The van der Waals surface area contributed by atoms with Gasteiger partial charge in [0.2, 0.25) is 0 Å². The standard InChI is InChI=1S/C28H33F3N2O7S/c1-6-9-20-10-7-8-15-32(20)21-13-12-19(28(29,30)31)17-22(21)33(26(36)40-27(2,3)4)41(37,38)24-16-18(25(35)39-5)11-14-23(24)34/h6,11-14,16-17,20,34H,1,7-10,15H2,2-5H3. The second-order valence-electron chi connectivity index (χ2n) is 10.5. The van der Waals surface area contributed by atoms with Gasteiger partial charge in [-0.3, -0.25) is 0 Å². The number of piperidine rings is 1. The van der Waals surface area contributed by atoms with Gasteiger partial charge >= 0.3 is 18.2 Å². The highest BCUT2D eigenvalue weighted by Crippen LogP contribution is 2.43. The summed E-state index contributed by atoms with van der Waals surface area (Å²) in [6.07, 6.45) is -2.09. The van der Waals surface area contributed by atoms with E-state index in [1.807, 2.05) is 0 Å². The van der Waals surface area contributed by atoms with Crippen molar-refractivity contribution in [2.45, 2.75) is 69.2 Å². The van der Waals surface area contributed by atoms with Gasteiger partial charge < -0.3 is 19.5 Å². The first-order valence-electron chi connectivity index (χ1n) is 12.8. The van der Waals surface area contributed by atoms with Crippen LogP contribution in [-0.4, -0.2) is 50.9 Å². The Morgan fingerprint density at radius 1 is 1.15 bits per heavy atom. The fraction of sp³-hybridized carbons (Fsp3) is 0.429. The molecule has 1 N–H and O–H groups in total. The highest BCUT2D eigenvalue weighted by atomic mass is 32.2. The number of sulfonamides is 1. The number of halogens is 3. The van der Waals surface area contributed by atoms with E-state index in [2.05, 4.69) is 11.3 Å². The minimum Gasteiger partial charge on any atom is -0.507 e. The first-order chi connectivity index (χ1) is 19.0. The Morgan fingerprint density at radius 2 is 1.83 bits per heavy atom. The molecule has 1 aliphatic rings. The Balaban J connectivity index is 2.38. The van der Waals surface area contributed by atoms with Crippen molar-refractivity contribution < 1.29 is 45.8 Å². The Labute approximate surface area is 237 Å². The van der Waals surface area contributed by atoms with E-state index in [4.69, 9.17) is 4.74 Å². The molecule has 1 amide bonds. The number of carbonyl (C=O) groups is 2. The van der Waals surface area contributed by atoms with Gasteiger partial charge in [0.05, 0.1) is 29.6 Å². The molecule has 1 atom stereocenters. The molecule has 0 spiro atoms. The minimum absolute atomic E-state index is 0.0441. The number of hydrogen-bond acceptors (Lipinski definition) is 8. The predicted octanol–water partition coefficient (Wildman–Crippen LogP) is 6.26.